The molecule has 4 N–H and O–H groups in total. The lowest BCUT2D eigenvalue weighted by Crippen LogP contribution is -2.26. The van der Waals surface area contributed by atoms with Crippen molar-refractivity contribution in [3.63, 3.8) is 0 Å². The van der Waals surface area contributed by atoms with Crippen LogP contribution in [0, 0.1) is 23.6 Å². The van der Waals surface area contributed by atoms with Crippen molar-refractivity contribution in [2.24, 2.45) is 0 Å². The fourth-order valence-corrected chi connectivity index (χ4v) is 4.31. The molecule has 0 fully saturated rings. The summed E-state index contributed by atoms with van der Waals surface area (Å²) < 4.78 is 33.2. The third-order valence-corrected chi connectivity index (χ3v) is 5.94. The van der Waals surface area contributed by atoms with Crippen LogP contribution in [0.15, 0.2) is 30.5 Å². The van der Waals surface area contributed by atoms with Crippen molar-refractivity contribution in [2.45, 2.75) is 19.4 Å². The Labute approximate surface area is 199 Å². The quantitative estimate of drug-likeness (QED) is 0.256. The van der Waals surface area contributed by atoms with Gasteiger partial charge < -0.3 is 24.6 Å². The fraction of sp³-hybridized carbons (Fsp3) is 0.250. The Morgan fingerprint density at radius 1 is 1.26 bits per heavy atom. The number of ether oxygens (including phenoxy) is 3. The monoisotopic (exact) mass is 481 g/mol. The minimum Gasteiger partial charge on any atom is -0.493 e. The van der Waals surface area contributed by atoms with Crippen LogP contribution >= 0.6 is 0 Å². The van der Waals surface area contributed by atoms with E-state index in [-0.39, 0.29) is 36.8 Å². The Morgan fingerprint density at radius 3 is 2.63 bits per heavy atom. The van der Waals surface area contributed by atoms with Crippen molar-refractivity contribution in [3.8, 4) is 28.5 Å². The molecule has 5 rings (SSSR count). The van der Waals surface area contributed by atoms with E-state index in [1.54, 1.807) is 31.5 Å². The number of fused-ring (bicyclic) bond motifs is 1. The van der Waals surface area contributed by atoms with Crippen LogP contribution in [0.4, 0.5) is 10.2 Å². The molecule has 0 bridgehead atoms. The molecular formula is C24H24FN5O5. The van der Waals surface area contributed by atoms with Crippen LogP contribution in [0.25, 0.3) is 11.1 Å². The Hall–Kier alpha value is -4.41. The molecule has 10 nitrogen and oxygen atoms in total. The van der Waals surface area contributed by atoms with Crippen LogP contribution < -0.4 is 25.0 Å². The summed E-state index contributed by atoms with van der Waals surface area (Å²) in [4.78, 5) is 12.6. The summed E-state index contributed by atoms with van der Waals surface area (Å²) >= 11 is 0. The molecule has 2 aromatic heterocycles. The van der Waals surface area contributed by atoms with Gasteiger partial charge >= 0.3 is 0 Å². The summed E-state index contributed by atoms with van der Waals surface area (Å²) in [5, 5.41) is 26.8. The summed E-state index contributed by atoms with van der Waals surface area (Å²) in [6, 6.07) is 6.61. The molecule has 0 saturated heterocycles. The van der Waals surface area contributed by atoms with Crippen LogP contribution in [0.2, 0.25) is 0 Å². The van der Waals surface area contributed by atoms with Crippen LogP contribution in [0.1, 0.15) is 22.6 Å². The number of carbonyl (C=O) groups is 1. The molecule has 0 radical (unpaired) electrons. The number of benzene rings is 1. The molecule has 35 heavy (non-hydrogen) atoms. The van der Waals surface area contributed by atoms with Crippen molar-refractivity contribution in [1.82, 2.24) is 9.55 Å². The van der Waals surface area contributed by atoms with Gasteiger partial charge in [-0.05, 0) is 30.7 Å². The summed E-state index contributed by atoms with van der Waals surface area (Å²) in [7, 11) is 1.55. The lowest BCUT2D eigenvalue weighted by molar-refractivity contribution is -0.122. The van der Waals surface area contributed by atoms with Crippen LogP contribution in [0.5, 0.6) is 17.4 Å². The number of halogens is 1. The first kappa shape index (κ1) is 23.7. The van der Waals surface area contributed by atoms with Gasteiger partial charge in [-0.15, -0.1) is 0 Å². The van der Waals surface area contributed by atoms with Crippen molar-refractivity contribution in [3.05, 3.63) is 58.5 Å². The van der Waals surface area contributed by atoms with E-state index in [1.807, 2.05) is 6.92 Å². The zero-order valence-electron chi connectivity index (χ0n) is 19.1. The van der Waals surface area contributed by atoms with Crippen molar-refractivity contribution in [1.29, 1.82) is 10.8 Å². The molecule has 1 aromatic carbocycles. The highest BCUT2D eigenvalue weighted by molar-refractivity contribution is 5.75. The molecule has 182 valence electrons. The van der Waals surface area contributed by atoms with E-state index in [4.69, 9.17) is 34.9 Å². The summed E-state index contributed by atoms with van der Waals surface area (Å²) in [5.41, 5.74) is 3.59. The van der Waals surface area contributed by atoms with E-state index in [1.165, 1.54) is 10.6 Å². The number of hydrogen-bond acceptors (Lipinski definition) is 8. The Bertz CT molecular complexity index is 1360. The highest BCUT2D eigenvalue weighted by Crippen LogP contribution is 2.40. The molecular weight excluding hydrogens is 457 g/mol. The summed E-state index contributed by atoms with van der Waals surface area (Å²) in [6.07, 6.45) is 2.69. The lowest BCUT2D eigenvalue weighted by atomic mass is 9.96. The maximum absolute atomic E-state index is 14.7. The SMILES string of the molecule is COc1cc(C)c(-c2cc3c(n(C=N)c2=N)NCc2c(F)ccc4c2[C@H](CO4)CO3)cn1.O=CO. The summed E-state index contributed by atoms with van der Waals surface area (Å²) in [6.45, 7) is 2.54. The van der Waals surface area contributed by atoms with E-state index < -0.39 is 0 Å². The first-order valence-electron chi connectivity index (χ1n) is 10.7. The van der Waals surface area contributed by atoms with Gasteiger partial charge in [-0.25, -0.2) is 9.37 Å². The zero-order chi connectivity index (χ0) is 25.1. The maximum atomic E-state index is 14.7. The van der Waals surface area contributed by atoms with Gasteiger partial charge in [0, 0.05) is 41.1 Å². The largest absolute Gasteiger partial charge is 0.493 e. The van der Waals surface area contributed by atoms with Crippen LogP contribution in [0.3, 0.4) is 0 Å². The molecule has 0 unspecified atom stereocenters. The number of rotatable bonds is 3. The molecule has 0 spiro atoms. The number of hydrogen-bond donors (Lipinski definition) is 4. The number of anilines is 1. The number of aromatic nitrogens is 2. The van der Waals surface area contributed by atoms with Gasteiger partial charge in [0.2, 0.25) is 5.88 Å². The third kappa shape index (κ3) is 4.27. The Balaban J connectivity index is 0.000000917. The second-order valence-corrected chi connectivity index (χ2v) is 7.88. The second-order valence-electron chi connectivity index (χ2n) is 7.88. The van der Waals surface area contributed by atoms with Gasteiger partial charge in [-0.1, -0.05) is 0 Å². The van der Waals surface area contributed by atoms with E-state index in [0.29, 0.717) is 40.9 Å². The first-order chi connectivity index (χ1) is 16.9. The molecule has 2 aliphatic rings. The van der Waals surface area contributed by atoms with Crippen molar-refractivity contribution < 1.29 is 28.5 Å². The van der Waals surface area contributed by atoms with E-state index in [9.17, 15) is 4.39 Å². The van der Waals surface area contributed by atoms with Crippen molar-refractivity contribution >= 4 is 18.6 Å². The molecule has 2 aliphatic heterocycles. The number of methoxy groups -OCH3 is 1. The molecule has 4 heterocycles. The number of pyridine rings is 2. The lowest BCUT2D eigenvalue weighted by Gasteiger charge is -2.19. The third-order valence-electron chi connectivity index (χ3n) is 5.94. The number of nitrogens with one attached hydrogen (secondary N) is 3. The number of aryl methyl sites for hydroxylation is 1. The van der Waals surface area contributed by atoms with Gasteiger partial charge in [0.25, 0.3) is 6.47 Å². The number of nitrogens with zero attached hydrogens (tertiary/aromatic N) is 2. The van der Waals surface area contributed by atoms with Gasteiger partial charge in [0.1, 0.15) is 17.1 Å². The average molecular weight is 481 g/mol. The first-order valence-corrected chi connectivity index (χ1v) is 10.7. The van der Waals surface area contributed by atoms with Crippen molar-refractivity contribution in [2.75, 3.05) is 25.6 Å². The average Bonchev–Trinajstić information content (AvgIpc) is 3.28. The highest BCUT2D eigenvalue weighted by Gasteiger charge is 2.31. The molecule has 11 heteroatoms. The molecule has 0 amide bonds. The Kier molecular flexibility index (Phi) is 6.67. The standard InChI is InChI=1S/C23H22FN5O3.CH2O2/c1-12-5-20(30-2)27-7-15(12)14-6-19-23(29(11-25)22(14)26)28-8-16-17(24)3-4-18-21(16)13(9-31-18)10-32-19;2-1-3/h3-7,11,13,25-26,28H,8-10H2,1-2H3;1H,(H,2,3)/t13-;/m1./s1. The predicted molar refractivity (Wildman–Crippen MR) is 125 cm³/mol. The second kappa shape index (κ2) is 9.84. The van der Waals surface area contributed by atoms with E-state index in [0.717, 1.165) is 23.0 Å². The molecule has 0 aliphatic carbocycles. The van der Waals surface area contributed by atoms with E-state index in [2.05, 4.69) is 10.3 Å². The molecule has 1 atom stereocenters. The fourth-order valence-electron chi connectivity index (χ4n) is 4.31. The Morgan fingerprint density at radius 2 is 1.97 bits per heavy atom. The van der Waals surface area contributed by atoms with Gasteiger partial charge in [0.15, 0.2) is 11.6 Å². The van der Waals surface area contributed by atoms with Gasteiger partial charge in [0.05, 0.1) is 32.6 Å². The van der Waals surface area contributed by atoms with Gasteiger partial charge in [-0.3, -0.25) is 20.2 Å². The van der Waals surface area contributed by atoms with Crippen LogP contribution in [-0.2, 0) is 11.3 Å². The zero-order valence-corrected chi connectivity index (χ0v) is 19.1. The summed E-state index contributed by atoms with van der Waals surface area (Å²) in [5.74, 6) is 1.61. The normalized spacial score (nSPS) is 15.2. The maximum Gasteiger partial charge on any atom is 0.290 e. The smallest absolute Gasteiger partial charge is 0.290 e. The number of carboxylic acid groups (broad SMARTS) is 1. The van der Waals surface area contributed by atoms with Gasteiger partial charge in [-0.2, -0.15) is 0 Å². The highest BCUT2D eigenvalue weighted by atomic mass is 19.1. The minimum absolute atomic E-state index is 0.0885. The predicted octanol–water partition coefficient (Wildman–Crippen LogP) is 3.12. The van der Waals surface area contributed by atoms with E-state index >= 15 is 0 Å². The molecule has 3 aromatic rings. The van der Waals surface area contributed by atoms with Crippen LogP contribution in [-0.4, -0.2) is 47.8 Å². The molecule has 0 saturated carbocycles. The topological polar surface area (TPSA) is 143 Å². The minimum atomic E-state index is -0.320.